The average Bonchev–Trinajstić information content (AvgIpc) is 2.93. The summed E-state index contributed by atoms with van der Waals surface area (Å²) >= 11 is 3.46. The lowest BCUT2D eigenvalue weighted by Gasteiger charge is -2.24. The molecule has 0 aromatic heterocycles. The lowest BCUT2D eigenvalue weighted by Crippen LogP contribution is -2.41. The van der Waals surface area contributed by atoms with Gasteiger partial charge in [-0.25, -0.2) is 0 Å². The van der Waals surface area contributed by atoms with Gasteiger partial charge in [-0.05, 0) is 43.2 Å². The molecule has 1 fully saturated rings. The summed E-state index contributed by atoms with van der Waals surface area (Å²) in [7, 11) is 0. The largest absolute Gasteiger partial charge is 0.324 e. The Kier molecular flexibility index (Phi) is 4.48. The minimum atomic E-state index is -0.468. The number of nitrogens with one attached hydrogen (secondary N) is 1. The normalized spacial score (nSPS) is 17.4. The summed E-state index contributed by atoms with van der Waals surface area (Å²) in [5, 5.41) is 2.91. The van der Waals surface area contributed by atoms with Crippen LogP contribution in [0.3, 0.4) is 0 Å². The Labute approximate surface area is 143 Å². The Balaban J connectivity index is 1.80. The SMILES string of the molecule is Cc1ccc(NC(=O)C2CCC(=O)N2c2ccccc2)cc1Br. The summed E-state index contributed by atoms with van der Waals surface area (Å²) in [6.45, 7) is 1.99. The number of hydrogen-bond acceptors (Lipinski definition) is 2. The second-order valence-corrected chi connectivity index (χ2v) is 6.46. The highest BCUT2D eigenvalue weighted by molar-refractivity contribution is 9.10. The second kappa shape index (κ2) is 6.54. The number of carbonyl (C=O) groups is 2. The molecule has 0 radical (unpaired) electrons. The van der Waals surface area contributed by atoms with Crippen LogP contribution in [0, 0.1) is 6.92 Å². The van der Waals surface area contributed by atoms with Crippen molar-refractivity contribution in [1.29, 1.82) is 0 Å². The molecular formula is C18H17BrN2O2. The molecule has 0 saturated carbocycles. The predicted molar refractivity (Wildman–Crippen MR) is 94.5 cm³/mol. The van der Waals surface area contributed by atoms with Gasteiger partial charge in [-0.15, -0.1) is 0 Å². The summed E-state index contributed by atoms with van der Waals surface area (Å²) in [5.41, 5.74) is 2.59. The van der Waals surface area contributed by atoms with Crippen LogP contribution < -0.4 is 10.2 Å². The summed E-state index contributed by atoms with van der Waals surface area (Å²) in [6, 6.07) is 14.5. The highest BCUT2D eigenvalue weighted by atomic mass is 79.9. The molecule has 1 saturated heterocycles. The monoisotopic (exact) mass is 372 g/mol. The van der Waals surface area contributed by atoms with Gasteiger partial charge in [0.1, 0.15) is 6.04 Å². The van der Waals surface area contributed by atoms with Crippen molar-refractivity contribution < 1.29 is 9.59 Å². The van der Waals surface area contributed by atoms with Gasteiger partial charge in [0.2, 0.25) is 11.8 Å². The van der Waals surface area contributed by atoms with E-state index in [0.717, 1.165) is 21.4 Å². The fourth-order valence-corrected chi connectivity index (χ4v) is 3.12. The Morgan fingerprint density at radius 1 is 1.22 bits per heavy atom. The van der Waals surface area contributed by atoms with Gasteiger partial charge in [0.25, 0.3) is 0 Å². The minimum Gasteiger partial charge on any atom is -0.324 e. The minimum absolute atomic E-state index is 0.0126. The lowest BCUT2D eigenvalue weighted by atomic mass is 10.1. The zero-order valence-corrected chi connectivity index (χ0v) is 14.3. The first-order chi connectivity index (χ1) is 11.1. The van der Waals surface area contributed by atoms with Crippen LogP contribution in [0.4, 0.5) is 11.4 Å². The Hall–Kier alpha value is -2.14. The third-order valence-electron chi connectivity index (χ3n) is 3.99. The van der Waals surface area contributed by atoms with Crippen molar-refractivity contribution in [2.75, 3.05) is 10.2 Å². The van der Waals surface area contributed by atoms with Gasteiger partial charge in [0.05, 0.1) is 0 Å². The highest BCUT2D eigenvalue weighted by Crippen LogP contribution is 2.28. The van der Waals surface area contributed by atoms with Gasteiger partial charge < -0.3 is 5.32 Å². The first-order valence-electron chi connectivity index (χ1n) is 7.50. The van der Waals surface area contributed by atoms with Gasteiger partial charge in [0, 0.05) is 22.3 Å². The van der Waals surface area contributed by atoms with E-state index in [-0.39, 0.29) is 11.8 Å². The van der Waals surface area contributed by atoms with E-state index in [9.17, 15) is 9.59 Å². The molecular weight excluding hydrogens is 356 g/mol. The third-order valence-corrected chi connectivity index (χ3v) is 4.84. The molecule has 1 aliphatic rings. The molecule has 2 aromatic carbocycles. The molecule has 118 valence electrons. The molecule has 2 aromatic rings. The zero-order valence-electron chi connectivity index (χ0n) is 12.8. The predicted octanol–water partition coefficient (Wildman–Crippen LogP) is 3.89. The summed E-state index contributed by atoms with van der Waals surface area (Å²) in [6.07, 6.45) is 0.928. The number of amides is 2. The smallest absolute Gasteiger partial charge is 0.247 e. The molecule has 4 nitrogen and oxygen atoms in total. The van der Waals surface area contributed by atoms with Crippen LogP contribution in [-0.4, -0.2) is 17.9 Å². The quantitative estimate of drug-likeness (QED) is 0.888. The van der Waals surface area contributed by atoms with Crippen LogP contribution in [0.2, 0.25) is 0 Å². The molecule has 1 aliphatic heterocycles. The molecule has 1 N–H and O–H groups in total. The van der Waals surface area contributed by atoms with Crippen LogP contribution >= 0.6 is 15.9 Å². The van der Waals surface area contributed by atoms with E-state index in [2.05, 4.69) is 21.2 Å². The Morgan fingerprint density at radius 2 is 1.96 bits per heavy atom. The van der Waals surface area contributed by atoms with E-state index in [1.54, 1.807) is 4.90 Å². The maximum absolute atomic E-state index is 12.6. The molecule has 1 heterocycles. The number of carbonyl (C=O) groups excluding carboxylic acids is 2. The molecule has 2 amide bonds. The Morgan fingerprint density at radius 3 is 2.65 bits per heavy atom. The van der Waals surface area contributed by atoms with Crippen molar-refractivity contribution in [3.8, 4) is 0 Å². The first-order valence-corrected chi connectivity index (χ1v) is 8.29. The van der Waals surface area contributed by atoms with Crippen molar-refractivity contribution in [2.45, 2.75) is 25.8 Å². The molecule has 5 heteroatoms. The van der Waals surface area contributed by atoms with Crippen molar-refractivity contribution in [3.63, 3.8) is 0 Å². The van der Waals surface area contributed by atoms with Crippen LogP contribution in [0.15, 0.2) is 53.0 Å². The van der Waals surface area contributed by atoms with Crippen LogP contribution in [0.25, 0.3) is 0 Å². The summed E-state index contributed by atoms with van der Waals surface area (Å²) in [5.74, 6) is -0.170. The van der Waals surface area contributed by atoms with Crippen molar-refractivity contribution in [3.05, 3.63) is 58.6 Å². The summed E-state index contributed by atoms with van der Waals surface area (Å²) < 4.78 is 0.942. The molecule has 1 atom stereocenters. The second-order valence-electron chi connectivity index (χ2n) is 5.61. The molecule has 23 heavy (non-hydrogen) atoms. The standard InChI is InChI=1S/C18H17BrN2O2/c1-12-7-8-13(11-15(12)19)20-18(23)16-9-10-17(22)21(16)14-5-3-2-4-6-14/h2-8,11,16H,9-10H2,1H3,(H,20,23). The summed E-state index contributed by atoms with van der Waals surface area (Å²) in [4.78, 5) is 26.4. The molecule has 3 rings (SSSR count). The lowest BCUT2D eigenvalue weighted by molar-refractivity contribution is -0.120. The number of hydrogen-bond donors (Lipinski definition) is 1. The maximum atomic E-state index is 12.6. The molecule has 0 bridgehead atoms. The van der Waals surface area contributed by atoms with Gasteiger partial charge in [0.15, 0.2) is 0 Å². The highest BCUT2D eigenvalue weighted by Gasteiger charge is 2.37. The molecule has 1 unspecified atom stereocenters. The topological polar surface area (TPSA) is 49.4 Å². The number of aryl methyl sites for hydroxylation is 1. The van der Waals surface area contributed by atoms with Crippen molar-refractivity contribution in [2.24, 2.45) is 0 Å². The van der Waals surface area contributed by atoms with Gasteiger partial charge in [-0.1, -0.05) is 40.2 Å². The van der Waals surface area contributed by atoms with E-state index in [4.69, 9.17) is 0 Å². The van der Waals surface area contributed by atoms with E-state index < -0.39 is 6.04 Å². The number of anilines is 2. The maximum Gasteiger partial charge on any atom is 0.247 e. The van der Waals surface area contributed by atoms with E-state index in [0.29, 0.717) is 12.8 Å². The number of rotatable bonds is 3. The molecule has 0 aliphatic carbocycles. The van der Waals surface area contributed by atoms with Crippen LogP contribution in [0.5, 0.6) is 0 Å². The fourth-order valence-electron chi connectivity index (χ4n) is 2.74. The number of para-hydroxylation sites is 1. The fraction of sp³-hybridized carbons (Fsp3) is 0.222. The van der Waals surface area contributed by atoms with Crippen molar-refractivity contribution >= 4 is 39.1 Å². The van der Waals surface area contributed by atoms with Crippen molar-refractivity contribution in [1.82, 2.24) is 0 Å². The van der Waals surface area contributed by atoms with Gasteiger partial charge in [-0.3, -0.25) is 14.5 Å². The zero-order chi connectivity index (χ0) is 16.4. The van der Waals surface area contributed by atoms with E-state index >= 15 is 0 Å². The van der Waals surface area contributed by atoms with Crippen LogP contribution in [0.1, 0.15) is 18.4 Å². The Bertz CT molecular complexity index is 746. The van der Waals surface area contributed by atoms with E-state index in [1.165, 1.54) is 0 Å². The third kappa shape index (κ3) is 3.29. The van der Waals surface area contributed by atoms with Gasteiger partial charge >= 0.3 is 0 Å². The van der Waals surface area contributed by atoms with Crippen LogP contribution in [-0.2, 0) is 9.59 Å². The number of benzene rings is 2. The number of halogens is 1. The number of nitrogens with zero attached hydrogens (tertiary/aromatic N) is 1. The molecule has 0 spiro atoms. The van der Waals surface area contributed by atoms with Gasteiger partial charge in [-0.2, -0.15) is 0 Å². The van der Waals surface area contributed by atoms with E-state index in [1.807, 2.05) is 55.5 Å². The first kappa shape index (κ1) is 15.7. The average molecular weight is 373 g/mol.